The maximum atomic E-state index is 11.5. The molecule has 16 heavy (non-hydrogen) atoms. The van der Waals surface area contributed by atoms with Crippen molar-refractivity contribution in [3.63, 3.8) is 0 Å². The van der Waals surface area contributed by atoms with Crippen molar-refractivity contribution in [1.29, 1.82) is 0 Å². The normalized spacial score (nSPS) is 19.0. The van der Waals surface area contributed by atoms with E-state index in [1.165, 1.54) is 7.05 Å². The fourth-order valence-electron chi connectivity index (χ4n) is 1.91. The van der Waals surface area contributed by atoms with Gasteiger partial charge in [0.1, 0.15) is 0 Å². The van der Waals surface area contributed by atoms with Crippen molar-refractivity contribution in [2.75, 3.05) is 7.05 Å². The van der Waals surface area contributed by atoms with Crippen LogP contribution in [0.15, 0.2) is 23.1 Å². The minimum Gasteiger partial charge on any atom is -0.327 e. The molecule has 0 bridgehead atoms. The molecule has 0 saturated heterocycles. The average molecular weight is 263 g/mol. The number of fused-ring (bicyclic) bond motifs is 1. The molecule has 0 heterocycles. The molecule has 0 aliphatic heterocycles. The molecule has 0 amide bonds. The third kappa shape index (κ3) is 2.38. The van der Waals surface area contributed by atoms with Crippen molar-refractivity contribution in [3.05, 3.63) is 29.3 Å². The Morgan fingerprint density at radius 2 is 1.94 bits per heavy atom. The first-order chi connectivity index (χ1) is 7.03. The molecule has 1 unspecified atom stereocenters. The fourth-order valence-corrected chi connectivity index (χ4v) is 2.69. The van der Waals surface area contributed by atoms with Crippen LogP contribution in [-0.4, -0.2) is 21.5 Å². The van der Waals surface area contributed by atoms with Crippen molar-refractivity contribution in [3.8, 4) is 0 Å². The summed E-state index contributed by atoms with van der Waals surface area (Å²) in [5, 5.41) is 0. The topological polar surface area (TPSA) is 72.2 Å². The molecule has 90 valence electrons. The quantitative estimate of drug-likeness (QED) is 0.813. The average Bonchev–Trinajstić information content (AvgIpc) is 2.56. The van der Waals surface area contributed by atoms with E-state index in [2.05, 4.69) is 4.72 Å². The smallest absolute Gasteiger partial charge is 0.240 e. The second-order valence-electron chi connectivity index (χ2n) is 3.81. The van der Waals surface area contributed by atoms with Crippen LogP contribution in [0.25, 0.3) is 0 Å². The summed E-state index contributed by atoms with van der Waals surface area (Å²) in [6.07, 6.45) is 1.61. The minimum absolute atomic E-state index is 0. The highest BCUT2D eigenvalue weighted by Crippen LogP contribution is 2.24. The third-order valence-electron chi connectivity index (χ3n) is 2.72. The molecule has 1 aliphatic rings. The van der Waals surface area contributed by atoms with Crippen LogP contribution in [0.1, 0.15) is 11.1 Å². The first kappa shape index (κ1) is 13.4. The van der Waals surface area contributed by atoms with Crippen LogP contribution in [0.5, 0.6) is 0 Å². The Morgan fingerprint density at radius 3 is 2.56 bits per heavy atom. The lowest BCUT2D eigenvalue weighted by molar-refractivity contribution is 0.588. The molecular weight excluding hydrogens is 248 g/mol. The van der Waals surface area contributed by atoms with E-state index in [9.17, 15) is 8.42 Å². The lowest BCUT2D eigenvalue weighted by atomic mass is 10.1. The van der Waals surface area contributed by atoms with E-state index in [-0.39, 0.29) is 18.4 Å². The largest absolute Gasteiger partial charge is 0.327 e. The van der Waals surface area contributed by atoms with Gasteiger partial charge in [0, 0.05) is 6.04 Å². The van der Waals surface area contributed by atoms with E-state index in [1.54, 1.807) is 12.1 Å². The van der Waals surface area contributed by atoms with E-state index >= 15 is 0 Å². The second-order valence-corrected chi connectivity index (χ2v) is 5.69. The molecule has 1 aromatic rings. The van der Waals surface area contributed by atoms with Crippen molar-refractivity contribution >= 4 is 22.4 Å². The van der Waals surface area contributed by atoms with Crippen LogP contribution in [0.2, 0.25) is 0 Å². The van der Waals surface area contributed by atoms with Crippen molar-refractivity contribution < 1.29 is 8.42 Å². The van der Waals surface area contributed by atoms with Gasteiger partial charge in [0.05, 0.1) is 4.90 Å². The van der Waals surface area contributed by atoms with Crippen molar-refractivity contribution in [1.82, 2.24) is 4.72 Å². The van der Waals surface area contributed by atoms with Crippen LogP contribution in [0.3, 0.4) is 0 Å². The maximum absolute atomic E-state index is 11.5. The Balaban J connectivity index is 0.00000128. The molecular formula is C10H15ClN2O2S. The zero-order valence-corrected chi connectivity index (χ0v) is 10.6. The molecule has 3 N–H and O–H groups in total. The van der Waals surface area contributed by atoms with Gasteiger partial charge in [-0.2, -0.15) is 0 Å². The number of nitrogens with one attached hydrogen (secondary N) is 1. The summed E-state index contributed by atoms with van der Waals surface area (Å²) in [5.41, 5.74) is 8.03. The summed E-state index contributed by atoms with van der Waals surface area (Å²) in [5.74, 6) is 0. The van der Waals surface area contributed by atoms with Gasteiger partial charge in [-0.3, -0.25) is 0 Å². The Hall–Kier alpha value is -0.620. The van der Waals surface area contributed by atoms with Gasteiger partial charge in [-0.15, -0.1) is 12.4 Å². The zero-order valence-electron chi connectivity index (χ0n) is 8.93. The molecule has 0 saturated carbocycles. The van der Waals surface area contributed by atoms with Gasteiger partial charge < -0.3 is 5.73 Å². The first-order valence-electron chi connectivity index (χ1n) is 4.84. The Labute approximate surface area is 102 Å². The van der Waals surface area contributed by atoms with Gasteiger partial charge in [0.25, 0.3) is 0 Å². The number of hydrogen-bond donors (Lipinski definition) is 2. The van der Waals surface area contributed by atoms with Crippen LogP contribution in [0.4, 0.5) is 0 Å². The summed E-state index contributed by atoms with van der Waals surface area (Å²) in [6, 6.07) is 5.33. The predicted molar refractivity (Wildman–Crippen MR) is 65.3 cm³/mol. The zero-order chi connectivity index (χ0) is 11.1. The number of benzene rings is 1. The van der Waals surface area contributed by atoms with Gasteiger partial charge in [-0.05, 0) is 43.1 Å². The van der Waals surface area contributed by atoms with E-state index in [0.717, 1.165) is 24.0 Å². The van der Waals surface area contributed by atoms with Crippen LogP contribution in [-0.2, 0) is 22.9 Å². The van der Waals surface area contributed by atoms with Gasteiger partial charge in [-0.25, -0.2) is 13.1 Å². The van der Waals surface area contributed by atoms with Crippen molar-refractivity contribution in [2.45, 2.75) is 23.8 Å². The number of nitrogens with two attached hydrogens (primary N) is 1. The number of hydrogen-bond acceptors (Lipinski definition) is 3. The highest BCUT2D eigenvalue weighted by atomic mass is 35.5. The fraction of sp³-hybridized carbons (Fsp3) is 0.400. The summed E-state index contributed by atoms with van der Waals surface area (Å²) < 4.78 is 25.4. The minimum atomic E-state index is -3.33. The molecule has 2 rings (SSSR count). The molecule has 1 aromatic carbocycles. The Morgan fingerprint density at radius 1 is 1.31 bits per heavy atom. The third-order valence-corrected chi connectivity index (χ3v) is 4.13. The molecule has 0 spiro atoms. The Bertz CT molecular complexity index is 488. The number of rotatable bonds is 2. The lowest BCUT2D eigenvalue weighted by Gasteiger charge is -2.04. The summed E-state index contributed by atoms with van der Waals surface area (Å²) >= 11 is 0. The monoisotopic (exact) mass is 262 g/mol. The van der Waals surface area contributed by atoms with Crippen LogP contribution in [0, 0.1) is 0 Å². The predicted octanol–water partition coefficient (Wildman–Crippen LogP) is 0.442. The molecule has 4 nitrogen and oxygen atoms in total. The standard InChI is InChI=1S/C10H14N2O2S.ClH/c1-12-15(13,14)10-3-2-7-4-9(11)5-8(7)6-10;/h2-3,6,9,12H,4-5,11H2,1H3;1H. The summed E-state index contributed by atoms with van der Waals surface area (Å²) in [6.45, 7) is 0. The van der Waals surface area contributed by atoms with Gasteiger partial charge in [0.15, 0.2) is 0 Å². The van der Waals surface area contributed by atoms with E-state index in [1.807, 2.05) is 6.07 Å². The molecule has 0 fully saturated rings. The SMILES string of the molecule is CNS(=O)(=O)c1ccc2c(c1)CC(N)C2.Cl. The van der Waals surface area contributed by atoms with E-state index in [0.29, 0.717) is 4.90 Å². The van der Waals surface area contributed by atoms with Gasteiger partial charge in [-0.1, -0.05) is 6.07 Å². The van der Waals surface area contributed by atoms with Crippen LogP contribution >= 0.6 is 12.4 Å². The van der Waals surface area contributed by atoms with Gasteiger partial charge in [0.2, 0.25) is 10.0 Å². The molecule has 1 aliphatic carbocycles. The maximum Gasteiger partial charge on any atom is 0.240 e. The molecule has 0 radical (unpaired) electrons. The first-order valence-corrected chi connectivity index (χ1v) is 6.32. The molecule has 0 aromatic heterocycles. The highest BCUT2D eigenvalue weighted by molar-refractivity contribution is 7.89. The van der Waals surface area contributed by atoms with Gasteiger partial charge >= 0.3 is 0 Å². The molecule has 6 heteroatoms. The lowest BCUT2D eigenvalue weighted by Crippen LogP contribution is -2.19. The summed E-state index contributed by atoms with van der Waals surface area (Å²) in [7, 11) is -1.92. The highest BCUT2D eigenvalue weighted by Gasteiger charge is 2.20. The summed E-state index contributed by atoms with van der Waals surface area (Å²) in [4.78, 5) is 0.317. The molecule has 1 atom stereocenters. The second kappa shape index (κ2) is 4.71. The number of halogens is 1. The number of sulfonamides is 1. The van der Waals surface area contributed by atoms with Crippen LogP contribution < -0.4 is 10.5 Å². The van der Waals surface area contributed by atoms with E-state index in [4.69, 9.17) is 5.73 Å². The van der Waals surface area contributed by atoms with Crippen molar-refractivity contribution in [2.24, 2.45) is 5.73 Å². The van der Waals surface area contributed by atoms with E-state index < -0.39 is 10.0 Å². The Kier molecular flexibility index (Phi) is 3.96.